The maximum Gasteiger partial charge on any atom is 1.00 e. The Balaban J connectivity index is 0.00000216. The molecule has 2 aliphatic rings. The fourth-order valence-corrected chi connectivity index (χ4v) is 4.68. The number of fused-ring (bicyclic) bond motifs is 1. The third-order valence-corrected chi connectivity index (χ3v) is 5.95. The molecule has 170 valence electrons. The minimum Gasteiger partial charge on any atom is -0.545 e. The van der Waals surface area contributed by atoms with Crippen LogP contribution in [-0.2, 0) is 4.79 Å². The van der Waals surface area contributed by atoms with Crippen LogP contribution in [0.4, 0.5) is 24.7 Å². The van der Waals surface area contributed by atoms with E-state index in [4.69, 9.17) is 0 Å². The van der Waals surface area contributed by atoms with Crippen molar-refractivity contribution in [2.75, 3.05) is 16.5 Å². The van der Waals surface area contributed by atoms with Gasteiger partial charge in [-0.15, -0.1) is 0 Å². The molecule has 35 heavy (non-hydrogen) atoms. The van der Waals surface area contributed by atoms with Crippen LogP contribution >= 0.6 is 11.8 Å². The molecule has 0 N–H and O–H groups in total. The summed E-state index contributed by atoms with van der Waals surface area (Å²) in [6, 6.07) is 6.25. The standard InChI is InChI=1S/C20H13F3N4O5S.2K/c1-2-26-11-7-9(18(29)30)10(19(31)32)8-12(11)33-17(26)14-15(20(21,22)23)25-27(16(14)28)13-5-3-4-6-24-13;;/h3-8H,2H2,1H3,(H,29,30)(H,31,32);;/q;2*+1/p-2/b17-14+;;. The molecule has 2 aromatic rings. The fourth-order valence-electron chi connectivity index (χ4n) is 3.40. The molecule has 0 atom stereocenters. The van der Waals surface area contributed by atoms with Crippen LogP contribution in [0.15, 0.2) is 57.1 Å². The number of alkyl halides is 3. The molecule has 0 fully saturated rings. The zero-order valence-electron chi connectivity index (χ0n) is 18.5. The van der Waals surface area contributed by atoms with E-state index in [1.54, 1.807) is 6.92 Å². The zero-order valence-corrected chi connectivity index (χ0v) is 25.6. The SMILES string of the molecule is CCN1/C(=C2\C(=O)N(c3ccccn3)N=C2C(F)(F)F)Sc2cc(C(=O)[O-])c(C(=O)[O-])cc21.[K+].[K+]. The Morgan fingerprint density at radius 3 is 2.23 bits per heavy atom. The maximum absolute atomic E-state index is 13.9. The number of nitrogens with zero attached hydrogens (tertiary/aromatic N) is 4. The van der Waals surface area contributed by atoms with E-state index >= 15 is 0 Å². The molecular formula is C20H11F3K2N4O5S. The molecule has 1 aromatic heterocycles. The molecule has 1 amide bonds. The molecule has 2 aliphatic heterocycles. The molecular weight excluding hydrogens is 544 g/mol. The van der Waals surface area contributed by atoms with Gasteiger partial charge in [0, 0.05) is 28.8 Å². The van der Waals surface area contributed by atoms with Gasteiger partial charge in [0.1, 0.15) is 5.57 Å². The fraction of sp³-hybridized carbons (Fsp3) is 0.150. The van der Waals surface area contributed by atoms with Gasteiger partial charge < -0.3 is 24.7 Å². The van der Waals surface area contributed by atoms with Crippen molar-refractivity contribution in [3.63, 3.8) is 0 Å². The number of aromatic carboxylic acids is 2. The summed E-state index contributed by atoms with van der Waals surface area (Å²) in [5.41, 5.74) is -3.49. The number of carboxylic acids is 2. The van der Waals surface area contributed by atoms with E-state index in [0.29, 0.717) is 16.8 Å². The maximum atomic E-state index is 13.9. The van der Waals surface area contributed by atoms with Crippen molar-refractivity contribution < 1.29 is 141 Å². The van der Waals surface area contributed by atoms with E-state index < -0.39 is 46.4 Å². The minimum atomic E-state index is -5.00. The number of pyridine rings is 1. The minimum absolute atomic E-state index is 0. The van der Waals surface area contributed by atoms with Crippen LogP contribution in [0.5, 0.6) is 0 Å². The van der Waals surface area contributed by atoms with Gasteiger partial charge in [-0.2, -0.15) is 23.3 Å². The van der Waals surface area contributed by atoms with Crippen molar-refractivity contribution >= 4 is 46.8 Å². The van der Waals surface area contributed by atoms with Crippen LogP contribution in [-0.4, -0.2) is 41.3 Å². The first-order valence-corrected chi connectivity index (χ1v) is 10.1. The van der Waals surface area contributed by atoms with Crippen molar-refractivity contribution in [2.45, 2.75) is 18.0 Å². The largest absolute Gasteiger partial charge is 1.00 e. The monoisotopic (exact) mass is 554 g/mol. The zero-order chi connectivity index (χ0) is 24.1. The summed E-state index contributed by atoms with van der Waals surface area (Å²) in [5.74, 6) is -4.80. The first-order chi connectivity index (χ1) is 15.5. The van der Waals surface area contributed by atoms with Gasteiger partial charge >= 0.3 is 109 Å². The van der Waals surface area contributed by atoms with Crippen molar-refractivity contribution in [3.8, 4) is 0 Å². The van der Waals surface area contributed by atoms with Gasteiger partial charge in [0.25, 0.3) is 5.91 Å². The van der Waals surface area contributed by atoms with E-state index in [9.17, 15) is 37.8 Å². The van der Waals surface area contributed by atoms with E-state index in [1.165, 1.54) is 29.3 Å². The molecule has 3 heterocycles. The predicted molar refractivity (Wildman–Crippen MR) is 106 cm³/mol. The van der Waals surface area contributed by atoms with Gasteiger partial charge in [-0.05, 0) is 31.2 Å². The van der Waals surface area contributed by atoms with Crippen LogP contribution in [0, 0.1) is 0 Å². The van der Waals surface area contributed by atoms with Crippen molar-refractivity contribution in [3.05, 3.63) is 58.3 Å². The number of rotatable bonds is 4. The Labute approximate surface area is 285 Å². The second kappa shape index (κ2) is 11.8. The Morgan fingerprint density at radius 1 is 1.09 bits per heavy atom. The van der Waals surface area contributed by atoms with Gasteiger partial charge in [-0.25, -0.2) is 4.98 Å². The summed E-state index contributed by atoms with van der Waals surface area (Å²) >= 11 is 0.691. The van der Waals surface area contributed by atoms with Crippen LogP contribution in [0.2, 0.25) is 0 Å². The Hall–Kier alpha value is -0.597. The number of thioether (sulfide) groups is 1. The molecule has 0 saturated carbocycles. The Bertz CT molecular complexity index is 1270. The predicted octanol–water partition coefficient (Wildman–Crippen LogP) is -5.07. The van der Waals surface area contributed by atoms with Crippen molar-refractivity contribution in [1.29, 1.82) is 0 Å². The van der Waals surface area contributed by atoms with Gasteiger partial charge in [0.05, 0.1) is 22.7 Å². The smallest absolute Gasteiger partial charge is 0.545 e. The van der Waals surface area contributed by atoms with Crippen molar-refractivity contribution in [1.82, 2.24) is 4.98 Å². The summed E-state index contributed by atoms with van der Waals surface area (Å²) in [6.45, 7) is 1.61. The molecule has 1 aromatic carbocycles. The van der Waals surface area contributed by atoms with Crippen LogP contribution in [0.25, 0.3) is 0 Å². The number of carbonyl (C=O) groups is 3. The third-order valence-electron chi connectivity index (χ3n) is 4.79. The summed E-state index contributed by atoms with van der Waals surface area (Å²) in [4.78, 5) is 41.2. The molecule has 0 spiro atoms. The van der Waals surface area contributed by atoms with E-state index in [1.807, 2.05) is 0 Å². The van der Waals surface area contributed by atoms with E-state index in [2.05, 4.69) is 10.1 Å². The molecule has 0 radical (unpaired) electrons. The molecule has 0 bridgehead atoms. The summed E-state index contributed by atoms with van der Waals surface area (Å²) in [5, 5.41) is 26.6. The molecule has 0 aliphatic carbocycles. The molecule has 0 saturated heterocycles. The first kappa shape index (κ1) is 30.6. The number of hydrogen-bond acceptors (Lipinski definition) is 9. The number of carbonyl (C=O) groups excluding carboxylic acids is 3. The van der Waals surface area contributed by atoms with Gasteiger partial charge in [-0.3, -0.25) is 4.79 Å². The number of anilines is 2. The summed E-state index contributed by atoms with van der Waals surface area (Å²) in [6.07, 6.45) is -3.71. The topological polar surface area (TPSA) is 129 Å². The van der Waals surface area contributed by atoms with E-state index in [-0.39, 0.29) is 131 Å². The third kappa shape index (κ3) is 5.79. The molecule has 0 unspecified atom stereocenters. The second-order valence-corrected chi connectivity index (χ2v) is 7.75. The van der Waals surface area contributed by atoms with E-state index in [0.717, 1.165) is 12.1 Å². The van der Waals surface area contributed by atoms with Gasteiger partial charge in [-0.1, -0.05) is 17.8 Å². The number of carboxylic acid groups (broad SMARTS) is 2. The number of amides is 1. The average Bonchev–Trinajstić information content (AvgIpc) is 3.29. The van der Waals surface area contributed by atoms with Gasteiger partial charge in [0.2, 0.25) is 0 Å². The molecule has 4 rings (SSSR count). The Morgan fingerprint density at radius 2 is 1.71 bits per heavy atom. The van der Waals surface area contributed by atoms with Crippen LogP contribution in [0.1, 0.15) is 27.6 Å². The number of hydrazone groups is 1. The summed E-state index contributed by atoms with van der Waals surface area (Å²) < 4.78 is 41.6. The quantitative estimate of drug-likeness (QED) is 0.271. The normalized spacial score (nSPS) is 16.9. The molecule has 9 nitrogen and oxygen atoms in total. The number of halogens is 3. The van der Waals surface area contributed by atoms with Crippen molar-refractivity contribution in [2.24, 2.45) is 5.10 Å². The van der Waals surface area contributed by atoms with Crippen LogP contribution < -0.4 is 123 Å². The molecule has 15 heteroatoms. The second-order valence-electron chi connectivity index (χ2n) is 6.72. The average molecular weight is 555 g/mol. The van der Waals surface area contributed by atoms with Crippen LogP contribution in [0.3, 0.4) is 0 Å². The number of benzene rings is 1. The summed E-state index contributed by atoms with van der Waals surface area (Å²) in [7, 11) is 0. The van der Waals surface area contributed by atoms with Gasteiger partial charge in [0.15, 0.2) is 11.5 Å². The first-order valence-electron chi connectivity index (χ1n) is 9.26. The Kier molecular flexibility index (Phi) is 10.4. The number of hydrogen-bond donors (Lipinski definition) is 0. The number of aromatic nitrogens is 1.